The third-order valence-corrected chi connectivity index (χ3v) is 6.22. The predicted octanol–water partition coefficient (Wildman–Crippen LogP) is 4.10. The number of H-pyrrole nitrogens is 1. The molecule has 2 aliphatic carbocycles. The lowest BCUT2D eigenvalue weighted by Gasteiger charge is -2.19. The van der Waals surface area contributed by atoms with Crippen LogP contribution in [0.25, 0.3) is 5.65 Å². The number of alkyl halides is 4. The molecule has 3 aromatic rings. The number of alkyl carbamates (subject to hydrolysis) is 1. The first kappa shape index (κ1) is 23.3. The summed E-state index contributed by atoms with van der Waals surface area (Å²) in [5, 5.41) is 12.7. The summed E-state index contributed by atoms with van der Waals surface area (Å²) in [6, 6.07) is 3.15. The number of amides is 1. The molecule has 3 atom stereocenters. The van der Waals surface area contributed by atoms with Crippen molar-refractivity contribution in [3.05, 3.63) is 35.9 Å². The summed E-state index contributed by atoms with van der Waals surface area (Å²) >= 11 is 0. The Morgan fingerprint density at radius 3 is 2.89 bits per heavy atom. The van der Waals surface area contributed by atoms with Gasteiger partial charge in [-0.1, -0.05) is 0 Å². The third kappa shape index (κ3) is 5.31. The van der Waals surface area contributed by atoms with Gasteiger partial charge in [0.1, 0.15) is 17.9 Å². The summed E-state index contributed by atoms with van der Waals surface area (Å²) in [7, 11) is 0. The molecule has 35 heavy (non-hydrogen) atoms. The molecule has 0 radical (unpaired) electrons. The first-order chi connectivity index (χ1) is 16.6. The molecule has 14 heteroatoms. The largest absolute Gasteiger partial charge is 0.522 e. The van der Waals surface area contributed by atoms with Crippen LogP contribution in [0.4, 0.5) is 34.1 Å². The molecule has 3 N–H and O–H groups in total. The first-order valence-corrected chi connectivity index (χ1v) is 11.1. The monoisotopic (exact) mass is 497 g/mol. The summed E-state index contributed by atoms with van der Waals surface area (Å²) in [5.74, 6) is 0.0502. The van der Waals surface area contributed by atoms with Crippen molar-refractivity contribution >= 4 is 23.5 Å². The van der Waals surface area contributed by atoms with Crippen molar-refractivity contribution in [2.45, 2.75) is 69.3 Å². The summed E-state index contributed by atoms with van der Waals surface area (Å²) in [4.78, 5) is 20.3. The minimum atomic E-state index is -4.77. The van der Waals surface area contributed by atoms with Gasteiger partial charge in [-0.05, 0) is 38.7 Å². The minimum absolute atomic E-state index is 0.0677. The zero-order valence-electron chi connectivity index (χ0n) is 18.6. The Bertz CT molecular complexity index is 1220. The number of nitrogens with zero attached hydrogens (tertiary/aromatic N) is 4. The number of hydrogen-bond acceptors (Lipinski definition) is 7. The van der Waals surface area contributed by atoms with Crippen LogP contribution in [0.3, 0.4) is 0 Å². The van der Waals surface area contributed by atoms with Crippen LogP contribution in [0, 0.1) is 0 Å². The maximum atomic E-state index is 15.1. The van der Waals surface area contributed by atoms with Crippen LogP contribution in [-0.2, 0) is 16.1 Å². The van der Waals surface area contributed by atoms with Crippen molar-refractivity contribution in [3.8, 4) is 0 Å². The van der Waals surface area contributed by atoms with E-state index in [1.165, 1.54) is 22.9 Å². The van der Waals surface area contributed by atoms with Gasteiger partial charge in [0.15, 0.2) is 5.82 Å². The fourth-order valence-electron chi connectivity index (χ4n) is 4.09. The summed E-state index contributed by atoms with van der Waals surface area (Å²) < 4.78 is 62.6. The molecule has 2 saturated carbocycles. The van der Waals surface area contributed by atoms with E-state index in [4.69, 9.17) is 4.74 Å². The number of fused-ring (bicyclic) bond motifs is 1. The van der Waals surface area contributed by atoms with Gasteiger partial charge < -0.3 is 15.4 Å². The van der Waals surface area contributed by atoms with Gasteiger partial charge in [0, 0.05) is 35.6 Å². The molecule has 0 aliphatic heterocycles. The summed E-state index contributed by atoms with van der Waals surface area (Å²) in [6.07, 6.45) is -2.20. The second-order valence-electron chi connectivity index (χ2n) is 9.05. The summed E-state index contributed by atoms with van der Waals surface area (Å²) in [5.41, 5.74) is 0.705. The molecule has 0 unspecified atom stereocenters. The van der Waals surface area contributed by atoms with Crippen molar-refractivity contribution in [3.63, 3.8) is 0 Å². The van der Waals surface area contributed by atoms with E-state index in [0.29, 0.717) is 30.0 Å². The Balaban J connectivity index is 1.24. The van der Waals surface area contributed by atoms with E-state index in [2.05, 4.69) is 35.5 Å². The Morgan fingerprint density at radius 1 is 1.34 bits per heavy atom. The normalized spacial score (nSPS) is 23.4. The highest BCUT2D eigenvalue weighted by Gasteiger charge is 2.43. The molecular formula is C21H23F4N7O3. The van der Waals surface area contributed by atoms with Gasteiger partial charge in [0.05, 0.1) is 12.3 Å². The number of carbonyl (C=O) groups is 1. The van der Waals surface area contributed by atoms with Crippen molar-refractivity contribution in [1.29, 1.82) is 0 Å². The lowest BCUT2D eigenvalue weighted by atomic mass is 10.0. The predicted molar refractivity (Wildman–Crippen MR) is 114 cm³/mol. The van der Waals surface area contributed by atoms with Crippen molar-refractivity contribution in [1.82, 2.24) is 29.9 Å². The number of aromatic nitrogens is 5. The topological polar surface area (TPSA) is 118 Å². The molecule has 1 amide bonds. The molecular weight excluding hydrogens is 474 g/mol. The van der Waals surface area contributed by atoms with Gasteiger partial charge in [-0.15, -0.1) is 13.2 Å². The van der Waals surface area contributed by atoms with Crippen molar-refractivity contribution < 1.29 is 31.8 Å². The van der Waals surface area contributed by atoms with Crippen molar-refractivity contribution in [2.75, 3.05) is 5.32 Å². The Labute approximate surface area is 196 Å². The number of halogens is 4. The van der Waals surface area contributed by atoms with Crippen molar-refractivity contribution in [2.24, 2.45) is 0 Å². The van der Waals surface area contributed by atoms with Gasteiger partial charge in [0.2, 0.25) is 5.95 Å². The van der Waals surface area contributed by atoms with Crippen LogP contribution in [-0.4, -0.2) is 54.8 Å². The fourth-order valence-corrected chi connectivity index (χ4v) is 4.09. The quantitative estimate of drug-likeness (QED) is 0.421. The van der Waals surface area contributed by atoms with E-state index in [1.54, 1.807) is 6.07 Å². The smallest absolute Gasteiger partial charge is 0.443 e. The minimum Gasteiger partial charge on any atom is -0.443 e. The maximum Gasteiger partial charge on any atom is 0.522 e. The van der Waals surface area contributed by atoms with Gasteiger partial charge in [0.25, 0.3) is 0 Å². The number of aromatic amines is 1. The average Bonchev–Trinajstić information content (AvgIpc) is 3.14. The van der Waals surface area contributed by atoms with E-state index in [-0.39, 0.29) is 17.2 Å². The molecule has 3 aromatic heterocycles. The molecule has 2 fully saturated rings. The van der Waals surface area contributed by atoms with Crippen LogP contribution in [0.5, 0.6) is 0 Å². The molecule has 2 aliphatic rings. The van der Waals surface area contributed by atoms with Crippen LogP contribution < -0.4 is 10.6 Å². The molecule has 10 nitrogen and oxygen atoms in total. The third-order valence-electron chi connectivity index (χ3n) is 6.22. The van der Waals surface area contributed by atoms with E-state index in [9.17, 15) is 18.0 Å². The number of ether oxygens (including phenoxy) is 2. The van der Waals surface area contributed by atoms with Crippen LogP contribution in [0.1, 0.15) is 49.9 Å². The molecule has 0 bridgehead atoms. The molecule has 0 spiro atoms. The van der Waals surface area contributed by atoms with Crippen LogP contribution in [0.2, 0.25) is 0 Å². The molecule has 0 aromatic carbocycles. The van der Waals surface area contributed by atoms with E-state index < -0.39 is 37.3 Å². The fraction of sp³-hybridized carbons (Fsp3) is 0.524. The molecule has 188 valence electrons. The highest BCUT2D eigenvalue weighted by atomic mass is 19.4. The number of hydrogen-bond donors (Lipinski definition) is 3. The van der Waals surface area contributed by atoms with Gasteiger partial charge in [-0.3, -0.25) is 14.2 Å². The lowest BCUT2D eigenvalue weighted by Crippen LogP contribution is -2.38. The number of rotatable bonds is 7. The van der Waals surface area contributed by atoms with Gasteiger partial charge in [-0.2, -0.15) is 5.10 Å². The Morgan fingerprint density at radius 2 is 2.14 bits per heavy atom. The zero-order chi connectivity index (χ0) is 24.8. The van der Waals surface area contributed by atoms with Gasteiger partial charge in [-0.25, -0.2) is 19.2 Å². The Hall–Kier alpha value is -3.42. The number of nitrogens with one attached hydrogen (secondary N) is 3. The second-order valence-corrected chi connectivity index (χ2v) is 9.05. The molecule has 5 rings (SSSR count). The number of imidazole rings is 1. The average molecular weight is 497 g/mol. The second kappa shape index (κ2) is 8.66. The highest BCUT2D eigenvalue weighted by molar-refractivity contribution is 5.69. The number of carbonyl (C=O) groups excluding carboxylic acids is 1. The van der Waals surface area contributed by atoms with E-state index in [1.807, 2.05) is 6.92 Å². The summed E-state index contributed by atoms with van der Waals surface area (Å²) in [6.45, 7) is 1.17. The standard InChI is InChI=1S/C21H23F4N7O3/c1-20(5-6-20)29-19(33)35-14-3-2-12(17(14)22)13-8-15(31-30-13)28-18-26-7-4-16-27-11(9-32(16)18)10-34-21(23,24)25/h4,7-9,12,14,17H,2-3,5-6,10H2,1H3,(H,29,33)(H2,26,28,30,31)/t12-,14-,17+/m0/s1. The molecule has 0 saturated heterocycles. The van der Waals surface area contributed by atoms with E-state index >= 15 is 4.39 Å². The zero-order valence-corrected chi connectivity index (χ0v) is 18.6. The van der Waals surface area contributed by atoms with Crippen LogP contribution >= 0.6 is 0 Å². The Kier molecular flexibility index (Phi) is 5.77. The SMILES string of the molecule is CC1(NC(=O)O[C@H]2CC[C@@H](c3cc(Nc4nccc5nc(COC(F)(F)F)cn45)n[nH]3)[C@H]2F)CC1. The lowest BCUT2D eigenvalue weighted by molar-refractivity contribution is -0.330. The number of anilines is 2. The highest BCUT2D eigenvalue weighted by Crippen LogP contribution is 2.39. The maximum absolute atomic E-state index is 15.1. The van der Waals surface area contributed by atoms with Gasteiger partial charge >= 0.3 is 12.5 Å². The van der Waals surface area contributed by atoms with E-state index in [0.717, 1.165) is 12.8 Å². The molecule has 3 heterocycles. The van der Waals surface area contributed by atoms with Crippen LogP contribution in [0.15, 0.2) is 24.5 Å². The first-order valence-electron chi connectivity index (χ1n) is 11.1.